The van der Waals surface area contributed by atoms with Gasteiger partial charge < -0.3 is 9.29 Å². The highest BCUT2D eigenvalue weighted by Gasteiger charge is 2.06. The molecule has 1 heterocycles. The average Bonchev–Trinajstić information content (AvgIpc) is 2.05. The van der Waals surface area contributed by atoms with E-state index in [0.717, 1.165) is 0 Å². The van der Waals surface area contributed by atoms with Gasteiger partial charge in [0.15, 0.2) is 4.90 Å². The summed E-state index contributed by atoms with van der Waals surface area (Å²) < 4.78 is 15.6. The van der Waals surface area contributed by atoms with Crippen LogP contribution in [0.3, 0.4) is 0 Å². The Morgan fingerprint density at radius 1 is 1.64 bits per heavy atom. The molecule has 0 radical (unpaired) electrons. The predicted octanol–water partition coefficient (Wildman–Crippen LogP) is 0.0715. The third-order valence-electron chi connectivity index (χ3n) is 1.16. The highest BCUT2D eigenvalue weighted by Crippen LogP contribution is 2.12. The highest BCUT2D eigenvalue weighted by molar-refractivity contribution is 7.89. The monoisotopic (exact) mass is 172 g/mol. The van der Waals surface area contributed by atoms with Crippen molar-refractivity contribution in [3.05, 3.63) is 18.5 Å². The molecule has 1 aromatic rings. The standard InChI is InChI=1S/C6H8N2O2S/c1-10-5-2-6(11(7)9)4-8-3-5/h2-4H,7H2,1H3. The molecule has 2 N–H and O–H groups in total. The molecular formula is C6H8N2O2S. The van der Waals surface area contributed by atoms with E-state index in [-0.39, 0.29) is 0 Å². The molecule has 0 aliphatic carbocycles. The molecule has 0 saturated carbocycles. The SMILES string of the molecule is COc1cncc([S+](N)[O-])c1. The Hall–Kier alpha value is -0.780. The number of hydrogen-bond acceptors (Lipinski definition) is 4. The molecule has 0 bridgehead atoms. The number of aromatic nitrogens is 1. The van der Waals surface area contributed by atoms with E-state index in [1.165, 1.54) is 19.5 Å². The summed E-state index contributed by atoms with van der Waals surface area (Å²) in [5.74, 6) is 0.557. The molecule has 4 nitrogen and oxygen atoms in total. The molecule has 0 fully saturated rings. The van der Waals surface area contributed by atoms with Gasteiger partial charge in [0, 0.05) is 6.07 Å². The predicted molar refractivity (Wildman–Crippen MR) is 41.4 cm³/mol. The van der Waals surface area contributed by atoms with Crippen LogP contribution >= 0.6 is 0 Å². The van der Waals surface area contributed by atoms with Gasteiger partial charge in [0.1, 0.15) is 5.75 Å². The summed E-state index contributed by atoms with van der Waals surface area (Å²) in [7, 11) is 1.51. The molecule has 60 valence electrons. The second-order valence-electron chi connectivity index (χ2n) is 1.86. The molecule has 1 unspecified atom stereocenters. The van der Waals surface area contributed by atoms with Crippen molar-refractivity contribution < 1.29 is 9.29 Å². The van der Waals surface area contributed by atoms with E-state index in [9.17, 15) is 4.55 Å². The molecule has 0 aliphatic rings. The molecular weight excluding hydrogens is 164 g/mol. The van der Waals surface area contributed by atoms with Gasteiger partial charge >= 0.3 is 0 Å². The van der Waals surface area contributed by atoms with Crippen molar-refractivity contribution in [2.24, 2.45) is 5.14 Å². The molecule has 0 aromatic carbocycles. The van der Waals surface area contributed by atoms with E-state index in [4.69, 9.17) is 9.88 Å². The van der Waals surface area contributed by atoms with Gasteiger partial charge in [-0.3, -0.25) is 4.98 Å². The van der Waals surface area contributed by atoms with Crippen LogP contribution in [-0.4, -0.2) is 16.6 Å². The van der Waals surface area contributed by atoms with E-state index >= 15 is 0 Å². The number of pyridine rings is 1. The number of rotatable bonds is 2. The first kappa shape index (κ1) is 8.32. The molecule has 5 heteroatoms. The Labute approximate surface area is 67.7 Å². The fraction of sp³-hybridized carbons (Fsp3) is 0.167. The highest BCUT2D eigenvalue weighted by atomic mass is 32.2. The lowest BCUT2D eigenvalue weighted by Crippen LogP contribution is -2.12. The molecule has 0 saturated heterocycles. The zero-order chi connectivity index (χ0) is 8.27. The van der Waals surface area contributed by atoms with Gasteiger partial charge in [0.05, 0.1) is 30.9 Å². The van der Waals surface area contributed by atoms with Crippen molar-refractivity contribution >= 4 is 11.4 Å². The van der Waals surface area contributed by atoms with Gasteiger partial charge in [-0.25, -0.2) is 0 Å². The van der Waals surface area contributed by atoms with Crippen molar-refractivity contribution in [1.82, 2.24) is 4.98 Å². The second kappa shape index (κ2) is 3.56. The van der Waals surface area contributed by atoms with Gasteiger partial charge in [-0.1, -0.05) is 0 Å². The maximum Gasteiger partial charge on any atom is 0.195 e. The molecule has 0 aliphatic heterocycles. The Morgan fingerprint density at radius 3 is 2.91 bits per heavy atom. The van der Waals surface area contributed by atoms with Crippen LogP contribution in [0.25, 0.3) is 0 Å². The Morgan fingerprint density at radius 2 is 2.36 bits per heavy atom. The molecule has 1 aromatic heterocycles. The largest absolute Gasteiger partial charge is 0.593 e. The normalized spacial score (nSPS) is 12.6. The molecule has 1 atom stereocenters. The van der Waals surface area contributed by atoms with E-state index in [1.807, 2.05) is 0 Å². The fourth-order valence-corrected chi connectivity index (χ4v) is 1.02. The topological polar surface area (TPSA) is 71.2 Å². The smallest absolute Gasteiger partial charge is 0.195 e. The first-order valence-electron chi connectivity index (χ1n) is 2.89. The number of hydrogen-bond donors (Lipinski definition) is 1. The maximum atomic E-state index is 10.7. The summed E-state index contributed by atoms with van der Waals surface area (Å²) in [5.41, 5.74) is 0. The van der Waals surface area contributed by atoms with E-state index in [2.05, 4.69) is 4.98 Å². The van der Waals surface area contributed by atoms with Crippen molar-refractivity contribution in [3.8, 4) is 5.75 Å². The summed E-state index contributed by atoms with van der Waals surface area (Å²) in [4.78, 5) is 4.24. The lowest BCUT2D eigenvalue weighted by molar-refractivity contribution is 0.411. The van der Waals surface area contributed by atoms with Crippen LogP contribution in [0.15, 0.2) is 23.4 Å². The second-order valence-corrected chi connectivity index (χ2v) is 2.92. The van der Waals surface area contributed by atoms with Gasteiger partial charge in [-0.2, -0.15) is 0 Å². The summed E-state index contributed by atoms with van der Waals surface area (Å²) in [5, 5.41) is 5.11. The summed E-state index contributed by atoms with van der Waals surface area (Å²) >= 11 is -1.48. The number of nitrogens with zero attached hydrogens (tertiary/aromatic N) is 1. The average molecular weight is 172 g/mol. The van der Waals surface area contributed by atoms with Crippen molar-refractivity contribution in [2.45, 2.75) is 4.90 Å². The number of methoxy groups -OCH3 is 1. The zero-order valence-corrected chi connectivity index (χ0v) is 6.80. The minimum Gasteiger partial charge on any atom is -0.593 e. The summed E-state index contributed by atoms with van der Waals surface area (Å²) in [6.07, 6.45) is 2.97. The van der Waals surface area contributed by atoms with E-state index in [0.29, 0.717) is 10.6 Å². The lowest BCUT2D eigenvalue weighted by atomic mass is 10.5. The molecule has 11 heavy (non-hydrogen) atoms. The quantitative estimate of drug-likeness (QED) is 0.641. The van der Waals surface area contributed by atoms with Crippen LogP contribution in [-0.2, 0) is 11.4 Å². The Balaban J connectivity index is 2.91. The van der Waals surface area contributed by atoms with Gasteiger partial charge in [0.25, 0.3) is 0 Å². The maximum absolute atomic E-state index is 10.7. The van der Waals surface area contributed by atoms with Gasteiger partial charge in [-0.15, -0.1) is 5.14 Å². The molecule has 0 spiro atoms. The Bertz CT molecular complexity index is 242. The molecule has 1 rings (SSSR count). The van der Waals surface area contributed by atoms with Crippen LogP contribution in [0.2, 0.25) is 0 Å². The lowest BCUT2D eigenvalue weighted by Gasteiger charge is -2.02. The van der Waals surface area contributed by atoms with Crippen LogP contribution < -0.4 is 9.88 Å². The van der Waals surface area contributed by atoms with Crippen LogP contribution in [0, 0.1) is 0 Å². The third-order valence-corrected chi connectivity index (χ3v) is 1.84. The minimum atomic E-state index is -1.48. The number of ether oxygens (including phenoxy) is 1. The van der Waals surface area contributed by atoms with Crippen molar-refractivity contribution in [3.63, 3.8) is 0 Å². The summed E-state index contributed by atoms with van der Waals surface area (Å²) in [6, 6.07) is 1.59. The van der Waals surface area contributed by atoms with Crippen LogP contribution in [0.1, 0.15) is 0 Å². The first-order valence-corrected chi connectivity index (χ1v) is 4.10. The third kappa shape index (κ3) is 2.07. The van der Waals surface area contributed by atoms with E-state index < -0.39 is 11.4 Å². The van der Waals surface area contributed by atoms with E-state index in [1.54, 1.807) is 6.07 Å². The van der Waals surface area contributed by atoms with Gasteiger partial charge in [0.2, 0.25) is 0 Å². The van der Waals surface area contributed by atoms with Gasteiger partial charge in [-0.05, 0) is 0 Å². The fourth-order valence-electron chi connectivity index (χ4n) is 0.621. The van der Waals surface area contributed by atoms with Crippen molar-refractivity contribution in [1.29, 1.82) is 0 Å². The summed E-state index contributed by atoms with van der Waals surface area (Å²) in [6.45, 7) is 0. The molecule has 0 amide bonds. The zero-order valence-electron chi connectivity index (χ0n) is 5.98. The van der Waals surface area contributed by atoms with Crippen LogP contribution in [0.4, 0.5) is 0 Å². The number of nitrogens with two attached hydrogens (primary N) is 1. The van der Waals surface area contributed by atoms with Crippen LogP contribution in [0.5, 0.6) is 5.75 Å². The first-order chi connectivity index (χ1) is 5.24. The minimum absolute atomic E-state index is 0.462. The van der Waals surface area contributed by atoms with Crippen molar-refractivity contribution in [2.75, 3.05) is 7.11 Å². The Kier molecular flexibility index (Phi) is 2.70.